The Bertz CT molecular complexity index is 905. The standard InChI is InChI=1S/C18H15NO/c1-11-12-7-3-4-8-13(12)17-14-9-5-6-10-15(14)19(2)18(20)16(11)17/h3-11H,1-2H3. The van der Waals surface area contributed by atoms with E-state index < -0.39 is 0 Å². The summed E-state index contributed by atoms with van der Waals surface area (Å²) in [5.41, 5.74) is 5.67. The van der Waals surface area contributed by atoms with Crippen molar-refractivity contribution in [3.8, 4) is 11.1 Å². The van der Waals surface area contributed by atoms with Crippen LogP contribution in [0.3, 0.4) is 0 Å². The molecule has 0 N–H and O–H groups in total. The van der Waals surface area contributed by atoms with Gasteiger partial charge in [0.1, 0.15) is 0 Å². The lowest BCUT2D eigenvalue weighted by molar-refractivity contribution is 0.848. The Morgan fingerprint density at radius 1 is 1.00 bits per heavy atom. The number of aromatic nitrogens is 1. The number of hydrogen-bond donors (Lipinski definition) is 0. The molecule has 1 heterocycles. The van der Waals surface area contributed by atoms with Crippen molar-refractivity contribution in [1.82, 2.24) is 4.57 Å². The van der Waals surface area contributed by atoms with E-state index in [-0.39, 0.29) is 11.5 Å². The van der Waals surface area contributed by atoms with E-state index in [2.05, 4.69) is 25.1 Å². The van der Waals surface area contributed by atoms with Gasteiger partial charge in [-0.15, -0.1) is 0 Å². The molecule has 1 unspecified atom stereocenters. The van der Waals surface area contributed by atoms with Crippen LogP contribution in [0, 0.1) is 0 Å². The van der Waals surface area contributed by atoms with Crippen molar-refractivity contribution in [2.45, 2.75) is 12.8 Å². The van der Waals surface area contributed by atoms with Crippen LogP contribution < -0.4 is 5.56 Å². The van der Waals surface area contributed by atoms with E-state index >= 15 is 0 Å². The number of nitrogens with zero attached hydrogens (tertiary/aromatic N) is 1. The van der Waals surface area contributed by atoms with E-state index in [4.69, 9.17) is 0 Å². The Hall–Kier alpha value is -2.35. The van der Waals surface area contributed by atoms with Gasteiger partial charge in [0.05, 0.1) is 5.52 Å². The SMILES string of the molecule is CC1c2ccccc2-c2c1c(=O)n(C)c1ccccc21. The smallest absolute Gasteiger partial charge is 0.255 e. The van der Waals surface area contributed by atoms with E-state index in [1.807, 2.05) is 37.4 Å². The molecule has 98 valence electrons. The summed E-state index contributed by atoms with van der Waals surface area (Å²) in [7, 11) is 1.86. The molecule has 1 aromatic heterocycles. The van der Waals surface area contributed by atoms with Gasteiger partial charge in [-0.1, -0.05) is 49.4 Å². The minimum atomic E-state index is 0.127. The second-order valence-electron chi connectivity index (χ2n) is 5.48. The van der Waals surface area contributed by atoms with Crippen LogP contribution in [0.2, 0.25) is 0 Å². The van der Waals surface area contributed by atoms with E-state index in [1.165, 1.54) is 16.5 Å². The van der Waals surface area contributed by atoms with Gasteiger partial charge < -0.3 is 4.57 Å². The monoisotopic (exact) mass is 261 g/mol. The van der Waals surface area contributed by atoms with Crippen molar-refractivity contribution >= 4 is 10.9 Å². The first-order valence-corrected chi connectivity index (χ1v) is 6.91. The van der Waals surface area contributed by atoms with Crippen molar-refractivity contribution in [2.75, 3.05) is 0 Å². The molecule has 1 aliphatic rings. The molecule has 0 aliphatic heterocycles. The molecule has 0 amide bonds. The fourth-order valence-electron chi connectivity index (χ4n) is 3.47. The van der Waals surface area contributed by atoms with Crippen molar-refractivity contribution in [3.05, 3.63) is 70.0 Å². The third kappa shape index (κ3) is 1.26. The predicted molar refractivity (Wildman–Crippen MR) is 82.1 cm³/mol. The molecule has 2 heteroatoms. The lowest BCUT2D eigenvalue weighted by atomic mass is 9.99. The van der Waals surface area contributed by atoms with Gasteiger partial charge in [0.2, 0.25) is 0 Å². The number of rotatable bonds is 0. The minimum Gasteiger partial charge on any atom is -0.311 e. The zero-order valence-electron chi connectivity index (χ0n) is 11.6. The number of hydrogen-bond acceptors (Lipinski definition) is 1. The Labute approximate surface area is 117 Å². The summed E-state index contributed by atoms with van der Waals surface area (Å²) >= 11 is 0. The first-order chi connectivity index (χ1) is 9.70. The molecule has 1 aliphatic carbocycles. The largest absolute Gasteiger partial charge is 0.311 e. The Morgan fingerprint density at radius 2 is 1.70 bits per heavy atom. The van der Waals surface area contributed by atoms with E-state index in [0.29, 0.717) is 0 Å². The Kier molecular flexibility index (Phi) is 2.19. The predicted octanol–water partition coefficient (Wildman–Crippen LogP) is 3.67. The average Bonchev–Trinajstić information content (AvgIpc) is 2.79. The van der Waals surface area contributed by atoms with E-state index in [9.17, 15) is 4.79 Å². The first kappa shape index (κ1) is 11.5. The third-order valence-corrected chi connectivity index (χ3v) is 4.47. The average molecular weight is 261 g/mol. The maximum atomic E-state index is 12.7. The van der Waals surface area contributed by atoms with Crippen LogP contribution in [0.4, 0.5) is 0 Å². The van der Waals surface area contributed by atoms with E-state index in [0.717, 1.165) is 16.6 Å². The van der Waals surface area contributed by atoms with Crippen molar-refractivity contribution in [2.24, 2.45) is 7.05 Å². The molecule has 1 atom stereocenters. The summed E-state index contributed by atoms with van der Waals surface area (Å²) in [6.07, 6.45) is 0. The summed E-state index contributed by atoms with van der Waals surface area (Å²) in [5.74, 6) is 0.171. The topological polar surface area (TPSA) is 22.0 Å². The molecule has 4 rings (SSSR count). The van der Waals surface area contributed by atoms with Crippen molar-refractivity contribution < 1.29 is 0 Å². The number of fused-ring (bicyclic) bond motifs is 5. The Morgan fingerprint density at radius 3 is 2.55 bits per heavy atom. The molecule has 0 spiro atoms. The van der Waals surface area contributed by atoms with Crippen LogP contribution >= 0.6 is 0 Å². The van der Waals surface area contributed by atoms with Crippen LogP contribution in [0.15, 0.2) is 53.3 Å². The molecular formula is C18H15NO. The van der Waals surface area contributed by atoms with Crippen molar-refractivity contribution in [1.29, 1.82) is 0 Å². The fourth-order valence-corrected chi connectivity index (χ4v) is 3.47. The maximum absolute atomic E-state index is 12.7. The number of benzene rings is 2. The minimum absolute atomic E-state index is 0.127. The highest BCUT2D eigenvalue weighted by Gasteiger charge is 2.30. The second-order valence-corrected chi connectivity index (χ2v) is 5.48. The summed E-state index contributed by atoms with van der Waals surface area (Å²) in [6, 6.07) is 16.5. The molecule has 2 nitrogen and oxygen atoms in total. The van der Waals surface area contributed by atoms with Gasteiger partial charge in [0, 0.05) is 29.5 Å². The van der Waals surface area contributed by atoms with Gasteiger partial charge in [-0.05, 0) is 17.2 Å². The van der Waals surface area contributed by atoms with Gasteiger partial charge in [-0.3, -0.25) is 4.79 Å². The highest BCUT2D eigenvalue weighted by molar-refractivity contribution is 5.99. The molecule has 20 heavy (non-hydrogen) atoms. The van der Waals surface area contributed by atoms with Crippen molar-refractivity contribution in [3.63, 3.8) is 0 Å². The molecule has 0 radical (unpaired) electrons. The van der Waals surface area contributed by atoms with Gasteiger partial charge in [0.15, 0.2) is 0 Å². The highest BCUT2D eigenvalue weighted by atomic mass is 16.1. The fraction of sp³-hybridized carbons (Fsp3) is 0.167. The molecule has 0 bridgehead atoms. The highest BCUT2D eigenvalue weighted by Crippen LogP contribution is 2.45. The Balaban J connectivity index is 2.29. The van der Waals surface area contributed by atoms with Crippen LogP contribution in [0.25, 0.3) is 22.0 Å². The third-order valence-electron chi connectivity index (χ3n) is 4.47. The summed E-state index contributed by atoms with van der Waals surface area (Å²) in [4.78, 5) is 12.7. The summed E-state index contributed by atoms with van der Waals surface area (Å²) < 4.78 is 1.77. The first-order valence-electron chi connectivity index (χ1n) is 6.91. The van der Waals surface area contributed by atoms with Crippen LogP contribution in [0.1, 0.15) is 24.0 Å². The van der Waals surface area contributed by atoms with Gasteiger partial charge in [0.25, 0.3) is 5.56 Å². The molecule has 3 aromatic rings. The lowest BCUT2D eigenvalue weighted by Gasteiger charge is -2.12. The summed E-state index contributed by atoms with van der Waals surface area (Å²) in [5, 5.41) is 1.17. The molecule has 0 fully saturated rings. The lowest BCUT2D eigenvalue weighted by Crippen LogP contribution is -2.22. The zero-order chi connectivity index (χ0) is 13.9. The van der Waals surface area contributed by atoms with Crippen LogP contribution in [-0.4, -0.2) is 4.57 Å². The second kappa shape index (κ2) is 3.83. The van der Waals surface area contributed by atoms with Crippen LogP contribution in [-0.2, 0) is 7.05 Å². The van der Waals surface area contributed by atoms with Gasteiger partial charge >= 0.3 is 0 Å². The van der Waals surface area contributed by atoms with Crippen LogP contribution in [0.5, 0.6) is 0 Å². The quantitative estimate of drug-likeness (QED) is 0.605. The van der Waals surface area contributed by atoms with Gasteiger partial charge in [-0.2, -0.15) is 0 Å². The van der Waals surface area contributed by atoms with Gasteiger partial charge in [-0.25, -0.2) is 0 Å². The number of aryl methyl sites for hydroxylation is 1. The maximum Gasteiger partial charge on any atom is 0.255 e. The number of para-hydroxylation sites is 1. The number of pyridine rings is 1. The molecule has 0 saturated heterocycles. The normalized spacial score (nSPS) is 16.2. The molecule has 0 saturated carbocycles. The van der Waals surface area contributed by atoms with E-state index in [1.54, 1.807) is 4.57 Å². The molecular weight excluding hydrogens is 246 g/mol. The zero-order valence-corrected chi connectivity index (χ0v) is 11.6. The molecule has 2 aromatic carbocycles. The summed E-state index contributed by atoms with van der Waals surface area (Å²) in [6.45, 7) is 2.13.